The molecule has 0 spiro atoms. The molecule has 0 unspecified atom stereocenters. The van der Waals surface area contributed by atoms with Gasteiger partial charge in [-0.15, -0.1) is 0 Å². The predicted octanol–water partition coefficient (Wildman–Crippen LogP) is 3.49. The highest BCUT2D eigenvalue weighted by Gasteiger charge is 2.11. The van der Waals surface area contributed by atoms with Crippen molar-refractivity contribution in [3.63, 3.8) is 0 Å². The molecule has 0 radical (unpaired) electrons. The fourth-order valence-electron chi connectivity index (χ4n) is 1.94. The van der Waals surface area contributed by atoms with E-state index in [9.17, 15) is 9.59 Å². The van der Waals surface area contributed by atoms with Crippen LogP contribution in [0.25, 0.3) is 6.08 Å². The monoisotopic (exact) mass is 280 g/mol. The van der Waals surface area contributed by atoms with Crippen LogP contribution in [0.3, 0.4) is 0 Å². The maximum absolute atomic E-state index is 12.5. The van der Waals surface area contributed by atoms with Crippen LogP contribution in [-0.2, 0) is 9.53 Å². The summed E-state index contributed by atoms with van der Waals surface area (Å²) in [5.41, 5.74) is 1.87. The van der Waals surface area contributed by atoms with E-state index in [0.29, 0.717) is 23.3 Å². The van der Waals surface area contributed by atoms with Crippen molar-refractivity contribution in [1.82, 2.24) is 0 Å². The minimum atomic E-state index is -0.417. The van der Waals surface area contributed by atoms with E-state index in [1.54, 1.807) is 43.3 Å². The third-order valence-corrected chi connectivity index (χ3v) is 2.93. The first-order valence-corrected chi connectivity index (χ1v) is 6.76. The van der Waals surface area contributed by atoms with Crippen LogP contribution >= 0.6 is 0 Å². The summed E-state index contributed by atoms with van der Waals surface area (Å²) < 4.78 is 4.84. The molecule has 106 valence electrons. The highest BCUT2D eigenvalue weighted by molar-refractivity contribution is 6.11. The van der Waals surface area contributed by atoms with Crippen molar-refractivity contribution in [2.24, 2.45) is 0 Å². The van der Waals surface area contributed by atoms with Gasteiger partial charge in [0.25, 0.3) is 0 Å². The number of carbonyl (C=O) groups is 2. The Morgan fingerprint density at radius 1 is 1.00 bits per heavy atom. The van der Waals surface area contributed by atoms with Gasteiger partial charge in [-0.1, -0.05) is 54.6 Å². The SMILES string of the molecule is CCOC(=O)C=Cc1ccccc1C(=O)c1ccccc1. The Morgan fingerprint density at radius 3 is 2.38 bits per heavy atom. The van der Waals surface area contributed by atoms with Gasteiger partial charge in [-0.05, 0) is 18.6 Å². The molecule has 0 saturated carbocycles. The van der Waals surface area contributed by atoms with Crippen molar-refractivity contribution in [2.75, 3.05) is 6.61 Å². The maximum Gasteiger partial charge on any atom is 0.330 e. The lowest BCUT2D eigenvalue weighted by Crippen LogP contribution is -2.04. The molecule has 21 heavy (non-hydrogen) atoms. The minimum absolute atomic E-state index is 0.0697. The van der Waals surface area contributed by atoms with Crippen LogP contribution < -0.4 is 0 Å². The second-order valence-electron chi connectivity index (χ2n) is 4.37. The fourth-order valence-corrected chi connectivity index (χ4v) is 1.94. The summed E-state index contributed by atoms with van der Waals surface area (Å²) in [6, 6.07) is 16.2. The van der Waals surface area contributed by atoms with Crippen LogP contribution in [0.5, 0.6) is 0 Å². The third kappa shape index (κ3) is 3.89. The molecule has 2 aromatic carbocycles. The van der Waals surface area contributed by atoms with E-state index in [-0.39, 0.29) is 5.78 Å². The van der Waals surface area contributed by atoms with Crippen LogP contribution in [0.15, 0.2) is 60.7 Å². The lowest BCUT2D eigenvalue weighted by molar-refractivity contribution is -0.137. The molecule has 0 saturated heterocycles. The van der Waals surface area contributed by atoms with Gasteiger partial charge in [0.1, 0.15) is 0 Å². The Bertz CT molecular complexity index is 657. The highest BCUT2D eigenvalue weighted by atomic mass is 16.5. The lowest BCUT2D eigenvalue weighted by atomic mass is 9.98. The molecule has 0 aliphatic heterocycles. The molecular weight excluding hydrogens is 264 g/mol. The van der Waals surface area contributed by atoms with Crippen LogP contribution in [0.1, 0.15) is 28.4 Å². The van der Waals surface area contributed by atoms with E-state index in [2.05, 4.69) is 0 Å². The summed E-state index contributed by atoms with van der Waals surface area (Å²) in [6.45, 7) is 2.08. The molecule has 0 heterocycles. The molecule has 0 aliphatic rings. The molecule has 0 N–H and O–H groups in total. The number of esters is 1. The zero-order chi connectivity index (χ0) is 15.1. The molecular formula is C18H16O3. The molecule has 0 aliphatic carbocycles. The number of ether oxygens (including phenoxy) is 1. The van der Waals surface area contributed by atoms with E-state index >= 15 is 0 Å². The van der Waals surface area contributed by atoms with Gasteiger partial charge in [-0.2, -0.15) is 0 Å². The first kappa shape index (κ1) is 14.7. The minimum Gasteiger partial charge on any atom is -0.463 e. The van der Waals surface area contributed by atoms with Gasteiger partial charge in [0, 0.05) is 17.2 Å². The number of ketones is 1. The predicted molar refractivity (Wildman–Crippen MR) is 82.0 cm³/mol. The van der Waals surface area contributed by atoms with E-state index in [4.69, 9.17) is 4.74 Å². The van der Waals surface area contributed by atoms with Crippen LogP contribution in [0.4, 0.5) is 0 Å². The summed E-state index contributed by atoms with van der Waals surface area (Å²) in [7, 11) is 0. The van der Waals surface area contributed by atoms with Crippen molar-refractivity contribution in [3.05, 3.63) is 77.4 Å². The van der Waals surface area contributed by atoms with Gasteiger partial charge in [0.2, 0.25) is 0 Å². The van der Waals surface area contributed by atoms with E-state index in [1.165, 1.54) is 6.08 Å². The summed E-state index contributed by atoms with van der Waals surface area (Å²) in [4.78, 5) is 23.9. The number of benzene rings is 2. The first-order valence-electron chi connectivity index (χ1n) is 6.76. The third-order valence-electron chi connectivity index (χ3n) is 2.93. The Kier molecular flexibility index (Phi) is 5.04. The zero-order valence-corrected chi connectivity index (χ0v) is 11.8. The lowest BCUT2D eigenvalue weighted by Gasteiger charge is -2.05. The average Bonchev–Trinajstić information content (AvgIpc) is 2.54. The average molecular weight is 280 g/mol. The standard InChI is InChI=1S/C18H16O3/c1-2-21-17(19)13-12-14-8-6-7-11-16(14)18(20)15-9-4-3-5-10-15/h3-13H,2H2,1H3. The van der Waals surface area contributed by atoms with Crippen LogP contribution in [0, 0.1) is 0 Å². The molecule has 3 heteroatoms. The maximum atomic E-state index is 12.5. The quantitative estimate of drug-likeness (QED) is 0.478. The van der Waals surface area contributed by atoms with Crippen LogP contribution in [-0.4, -0.2) is 18.4 Å². The van der Waals surface area contributed by atoms with Gasteiger partial charge >= 0.3 is 5.97 Å². The van der Waals surface area contributed by atoms with Gasteiger partial charge in [-0.3, -0.25) is 4.79 Å². The zero-order valence-electron chi connectivity index (χ0n) is 11.8. The molecule has 2 rings (SSSR count). The largest absolute Gasteiger partial charge is 0.463 e. The number of hydrogen-bond donors (Lipinski definition) is 0. The number of hydrogen-bond acceptors (Lipinski definition) is 3. The Balaban J connectivity index is 2.29. The van der Waals surface area contributed by atoms with Crippen molar-refractivity contribution in [1.29, 1.82) is 0 Å². The molecule has 2 aromatic rings. The topological polar surface area (TPSA) is 43.4 Å². The fraction of sp³-hybridized carbons (Fsp3) is 0.111. The van der Waals surface area contributed by atoms with E-state index in [1.807, 2.05) is 24.3 Å². The Hall–Kier alpha value is -2.68. The van der Waals surface area contributed by atoms with Gasteiger partial charge < -0.3 is 4.74 Å². The highest BCUT2D eigenvalue weighted by Crippen LogP contribution is 2.16. The van der Waals surface area contributed by atoms with E-state index < -0.39 is 5.97 Å². The van der Waals surface area contributed by atoms with Crippen molar-refractivity contribution in [3.8, 4) is 0 Å². The van der Waals surface area contributed by atoms with Crippen molar-refractivity contribution < 1.29 is 14.3 Å². The van der Waals surface area contributed by atoms with Gasteiger partial charge in [0.05, 0.1) is 6.61 Å². The summed E-state index contributed by atoms with van der Waals surface area (Å²) in [6.07, 6.45) is 2.94. The van der Waals surface area contributed by atoms with Gasteiger partial charge in [0.15, 0.2) is 5.78 Å². The number of carbonyl (C=O) groups excluding carboxylic acids is 2. The molecule has 0 atom stereocenters. The first-order chi connectivity index (χ1) is 10.2. The second kappa shape index (κ2) is 7.20. The molecule has 3 nitrogen and oxygen atoms in total. The molecule has 0 amide bonds. The molecule has 0 bridgehead atoms. The second-order valence-corrected chi connectivity index (χ2v) is 4.37. The summed E-state index contributed by atoms with van der Waals surface area (Å²) in [5, 5.41) is 0. The van der Waals surface area contributed by atoms with Crippen molar-refractivity contribution >= 4 is 17.8 Å². The molecule has 0 aromatic heterocycles. The normalized spacial score (nSPS) is 10.5. The van der Waals surface area contributed by atoms with Crippen molar-refractivity contribution in [2.45, 2.75) is 6.92 Å². The number of rotatable bonds is 5. The van der Waals surface area contributed by atoms with E-state index in [0.717, 1.165) is 0 Å². The Morgan fingerprint density at radius 2 is 1.67 bits per heavy atom. The Labute approximate surface area is 123 Å². The summed E-state index contributed by atoms with van der Waals surface area (Å²) in [5.74, 6) is -0.487. The van der Waals surface area contributed by atoms with Gasteiger partial charge in [-0.25, -0.2) is 4.79 Å². The summed E-state index contributed by atoms with van der Waals surface area (Å²) >= 11 is 0. The van der Waals surface area contributed by atoms with Crippen LogP contribution in [0.2, 0.25) is 0 Å². The smallest absolute Gasteiger partial charge is 0.330 e. The molecule has 0 fully saturated rings.